The minimum atomic E-state index is 0.0988. The van der Waals surface area contributed by atoms with Crippen LogP contribution in [0.25, 0.3) is 0 Å². The van der Waals surface area contributed by atoms with Crippen molar-refractivity contribution in [1.29, 1.82) is 0 Å². The van der Waals surface area contributed by atoms with E-state index in [1.165, 1.54) is 18.4 Å². The Hall–Kier alpha value is -0.900. The van der Waals surface area contributed by atoms with Gasteiger partial charge in [0.25, 0.3) is 0 Å². The second-order valence-electron chi connectivity index (χ2n) is 4.80. The molecule has 18 heavy (non-hydrogen) atoms. The molecule has 0 bridgehead atoms. The van der Waals surface area contributed by atoms with Crippen LogP contribution in [0.4, 0.5) is 0 Å². The normalized spacial score (nSPS) is 21.7. The fourth-order valence-corrected chi connectivity index (χ4v) is 2.33. The lowest BCUT2D eigenvalue weighted by Gasteiger charge is -2.25. The Bertz CT molecular complexity index is 323. The molecule has 0 amide bonds. The number of rotatable bonds is 6. The Morgan fingerprint density at radius 2 is 2.11 bits per heavy atom. The number of hydrogen-bond acceptors (Lipinski definition) is 3. The van der Waals surface area contributed by atoms with Gasteiger partial charge in [-0.1, -0.05) is 30.3 Å². The number of hydrogen-bond donors (Lipinski definition) is 1. The monoisotopic (exact) mass is 249 g/mol. The zero-order chi connectivity index (χ0) is 12.6. The maximum atomic E-state index is 6.00. The average Bonchev–Trinajstić information content (AvgIpc) is 2.45. The highest BCUT2D eigenvalue weighted by molar-refractivity contribution is 5.17. The zero-order valence-electron chi connectivity index (χ0n) is 10.9. The second-order valence-corrected chi connectivity index (χ2v) is 4.80. The quantitative estimate of drug-likeness (QED) is 0.843. The highest BCUT2D eigenvalue weighted by atomic mass is 16.5. The summed E-state index contributed by atoms with van der Waals surface area (Å²) in [5, 5.41) is 0. The van der Waals surface area contributed by atoms with E-state index < -0.39 is 0 Å². The van der Waals surface area contributed by atoms with E-state index in [1.807, 2.05) is 18.2 Å². The molecule has 0 spiro atoms. The first-order valence-electron chi connectivity index (χ1n) is 6.88. The highest BCUT2D eigenvalue weighted by Crippen LogP contribution is 2.22. The van der Waals surface area contributed by atoms with Gasteiger partial charge in [-0.25, -0.2) is 0 Å². The minimum absolute atomic E-state index is 0.0988. The molecule has 1 aromatic rings. The number of benzene rings is 1. The molecule has 0 radical (unpaired) electrons. The molecule has 1 fully saturated rings. The van der Waals surface area contributed by atoms with Crippen molar-refractivity contribution in [1.82, 2.24) is 0 Å². The molecule has 1 aliphatic heterocycles. The van der Waals surface area contributed by atoms with E-state index in [-0.39, 0.29) is 12.2 Å². The van der Waals surface area contributed by atoms with Gasteiger partial charge >= 0.3 is 0 Å². The lowest BCUT2D eigenvalue weighted by molar-refractivity contribution is -0.0650. The Morgan fingerprint density at radius 1 is 1.28 bits per heavy atom. The maximum Gasteiger partial charge on any atom is 0.0838 e. The summed E-state index contributed by atoms with van der Waals surface area (Å²) in [4.78, 5) is 0. The van der Waals surface area contributed by atoms with Gasteiger partial charge in [0.1, 0.15) is 0 Å². The molecule has 100 valence electrons. The molecule has 0 saturated carbocycles. The lowest BCUT2D eigenvalue weighted by Crippen LogP contribution is -2.26. The summed E-state index contributed by atoms with van der Waals surface area (Å²) in [5.74, 6) is 0. The largest absolute Gasteiger partial charge is 0.376 e. The number of ether oxygens (including phenoxy) is 2. The van der Waals surface area contributed by atoms with E-state index in [9.17, 15) is 0 Å². The van der Waals surface area contributed by atoms with Crippen molar-refractivity contribution in [3.63, 3.8) is 0 Å². The molecule has 1 saturated heterocycles. The predicted molar refractivity (Wildman–Crippen MR) is 72.4 cm³/mol. The molecule has 1 aliphatic rings. The van der Waals surface area contributed by atoms with Gasteiger partial charge in [0.2, 0.25) is 0 Å². The van der Waals surface area contributed by atoms with Crippen LogP contribution >= 0.6 is 0 Å². The van der Waals surface area contributed by atoms with E-state index in [1.54, 1.807) is 0 Å². The summed E-state index contributed by atoms with van der Waals surface area (Å²) in [6, 6.07) is 10.3. The first kappa shape index (κ1) is 13.5. The first-order valence-corrected chi connectivity index (χ1v) is 6.88. The molecule has 2 unspecified atom stereocenters. The van der Waals surface area contributed by atoms with E-state index in [4.69, 9.17) is 15.2 Å². The summed E-state index contributed by atoms with van der Waals surface area (Å²) in [6.07, 6.45) is 4.77. The van der Waals surface area contributed by atoms with Crippen molar-refractivity contribution in [2.24, 2.45) is 5.73 Å². The Labute approximate surface area is 109 Å². The van der Waals surface area contributed by atoms with Crippen LogP contribution in [0.3, 0.4) is 0 Å². The smallest absolute Gasteiger partial charge is 0.0838 e. The molecule has 0 aromatic heterocycles. The van der Waals surface area contributed by atoms with Crippen molar-refractivity contribution in [3.8, 4) is 0 Å². The second kappa shape index (κ2) is 7.52. The van der Waals surface area contributed by atoms with Crippen LogP contribution in [0.1, 0.15) is 37.4 Å². The van der Waals surface area contributed by atoms with Gasteiger partial charge in [-0.2, -0.15) is 0 Å². The van der Waals surface area contributed by atoms with Crippen LogP contribution < -0.4 is 5.73 Å². The van der Waals surface area contributed by atoms with Crippen LogP contribution in [-0.2, 0) is 9.47 Å². The zero-order valence-corrected chi connectivity index (χ0v) is 10.9. The van der Waals surface area contributed by atoms with Crippen molar-refractivity contribution in [3.05, 3.63) is 35.9 Å². The third-order valence-electron chi connectivity index (χ3n) is 3.36. The number of nitrogens with two attached hydrogens (primary N) is 1. The van der Waals surface area contributed by atoms with Crippen LogP contribution in [0.5, 0.6) is 0 Å². The Morgan fingerprint density at radius 3 is 2.78 bits per heavy atom. The molecule has 2 N–H and O–H groups in total. The third-order valence-corrected chi connectivity index (χ3v) is 3.36. The van der Waals surface area contributed by atoms with Crippen LogP contribution in [-0.4, -0.2) is 25.9 Å². The summed E-state index contributed by atoms with van der Waals surface area (Å²) in [5.41, 5.74) is 6.87. The molecule has 3 heteroatoms. The van der Waals surface area contributed by atoms with Gasteiger partial charge in [-0.3, -0.25) is 0 Å². The van der Waals surface area contributed by atoms with Gasteiger partial charge in [-0.05, 0) is 37.8 Å². The van der Waals surface area contributed by atoms with Crippen molar-refractivity contribution in [2.45, 2.75) is 37.9 Å². The van der Waals surface area contributed by atoms with Gasteiger partial charge in [0, 0.05) is 6.61 Å². The lowest BCUT2D eigenvalue weighted by atomic mass is 10.1. The molecule has 3 nitrogen and oxygen atoms in total. The van der Waals surface area contributed by atoms with E-state index in [0.29, 0.717) is 13.2 Å². The van der Waals surface area contributed by atoms with E-state index in [0.717, 1.165) is 19.4 Å². The summed E-state index contributed by atoms with van der Waals surface area (Å²) in [7, 11) is 0. The molecule has 1 heterocycles. The third kappa shape index (κ3) is 4.09. The molecular weight excluding hydrogens is 226 g/mol. The van der Waals surface area contributed by atoms with Crippen molar-refractivity contribution in [2.75, 3.05) is 19.8 Å². The SMILES string of the molecule is NCCC(OCC1CCCCO1)c1ccccc1. The minimum Gasteiger partial charge on any atom is -0.376 e. The van der Waals surface area contributed by atoms with Crippen LogP contribution in [0.2, 0.25) is 0 Å². The fraction of sp³-hybridized carbons (Fsp3) is 0.600. The molecule has 2 rings (SSSR count). The van der Waals surface area contributed by atoms with Gasteiger partial charge < -0.3 is 15.2 Å². The molecular formula is C15H23NO2. The standard InChI is InChI=1S/C15H23NO2/c16-10-9-15(13-6-2-1-3-7-13)18-12-14-8-4-5-11-17-14/h1-3,6-7,14-15H,4-5,8-12,16H2. The van der Waals surface area contributed by atoms with Crippen molar-refractivity contribution < 1.29 is 9.47 Å². The fourth-order valence-electron chi connectivity index (χ4n) is 2.33. The molecule has 0 aliphatic carbocycles. The molecule has 2 atom stereocenters. The first-order chi connectivity index (χ1) is 8.90. The average molecular weight is 249 g/mol. The van der Waals surface area contributed by atoms with E-state index >= 15 is 0 Å². The predicted octanol–water partition coefficient (Wildman–Crippen LogP) is 2.66. The maximum absolute atomic E-state index is 6.00. The van der Waals surface area contributed by atoms with Crippen molar-refractivity contribution >= 4 is 0 Å². The van der Waals surface area contributed by atoms with Crippen LogP contribution in [0.15, 0.2) is 30.3 Å². The van der Waals surface area contributed by atoms with E-state index in [2.05, 4.69) is 12.1 Å². The van der Waals surface area contributed by atoms with Gasteiger partial charge in [-0.15, -0.1) is 0 Å². The Kier molecular flexibility index (Phi) is 5.65. The van der Waals surface area contributed by atoms with Crippen LogP contribution in [0, 0.1) is 0 Å². The highest BCUT2D eigenvalue weighted by Gasteiger charge is 2.17. The van der Waals surface area contributed by atoms with Gasteiger partial charge in [0.15, 0.2) is 0 Å². The Balaban J connectivity index is 1.86. The summed E-state index contributed by atoms with van der Waals surface area (Å²) in [6.45, 7) is 2.20. The summed E-state index contributed by atoms with van der Waals surface area (Å²) >= 11 is 0. The van der Waals surface area contributed by atoms with Gasteiger partial charge in [0.05, 0.1) is 18.8 Å². The topological polar surface area (TPSA) is 44.5 Å². The molecule has 1 aromatic carbocycles. The summed E-state index contributed by atoms with van der Waals surface area (Å²) < 4.78 is 11.7.